The molecule has 152 valence electrons. The van der Waals surface area contributed by atoms with Crippen LogP contribution in [0.1, 0.15) is 23.9 Å². The maximum absolute atomic E-state index is 13.7. The lowest BCUT2D eigenvalue weighted by Gasteiger charge is -2.12. The van der Waals surface area contributed by atoms with Gasteiger partial charge < -0.3 is 15.9 Å². The lowest BCUT2D eigenvalue weighted by molar-refractivity contribution is -0.115. The molecule has 0 saturated carbocycles. The van der Waals surface area contributed by atoms with Gasteiger partial charge in [0.2, 0.25) is 11.1 Å². The van der Waals surface area contributed by atoms with E-state index in [0.29, 0.717) is 11.0 Å². The summed E-state index contributed by atoms with van der Waals surface area (Å²) in [5.41, 5.74) is 2.29. The van der Waals surface area contributed by atoms with E-state index in [-0.39, 0.29) is 18.2 Å². The number of aryl methyl sites for hydroxylation is 2. The lowest BCUT2D eigenvalue weighted by atomic mass is 10.1. The summed E-state index contributed by atoms with van der Waals surface area (Å²) in [6.07, 6.45) is 0. The van der Waals surface area contributed by atoms with E-state index in [1.165, 1.54) is 16.8 Å². The highest BCUT2D eigenvalue weighted by Crippen LogP contribution is 2.24. The van der Waals surface area contributed by atoms with Crippen LogP contribution in [0.15, 0.2) is 47.6 Å². The molecule has 1 amide bonds. The van der Waals surface area contributed by atoms with Crippen molar-refractivity contribution in [3.05, 3.63) is 65.2 Å². The third-order valence-corrected chi connectivity index (χ3v) is 5.26. The smallest absolute Gasteiger partial charge is 0.237 e. The zero-order chi connectivity index (χ0) is 21.0. The van der Waals surface area contributed by atoms with Crippen LogP contribution in [-0.2, 0) is 11.4 Å². The molecule has 0 aliphatic carbocycles. The highest BCUT2D eigenvalue weighted by molar-refractivity contribution is 8.00. The van der Waals surface area contributed by atoms with Crippen molar-refractivity contribution in [1.82, 2.24) is 14.9 Å². The first-order valence-corrected chi connectivity index (χ1v) is 9.84. The SMILES string of the molecule is Cc1ccc(OCc2nnc(S[C@@H](C)C(=O)Nc3ccccc3F)n2N)c(C)c1. The second kappa shape index (κ2) is 8.95. The fourth-order valence-electron chi connectivity index (χ4n) is 2.60. The second-order valence-electron chi connectivity index (χ2n) is 6.56. The van der Waals surface area contributed by atoms with E-state index < -0.39 is 11.1 Å². The summed E-state index contributed by atoms with van der Waals surface area (Å²) in [6.45, 7) is 5.80. The van der Waals surface area contributed by atoms with Crippen LogP contribution in [0.4, 0.5) is 10.1 Å². The van der Waals surface area contributed by atoms with Gasteiger partial charge in [0.15, 0.2) is 5.82 Å². The number of halogens is 1. The summed E-state index contributed by atoms with van der Waals surface area (Å²) in [5.74, 6) is 6.36. The van der Waals surface area contributed by atoms with E-state index in [0.717, 1.165) is 28.6 Å². The Labute approximate surface area is 172 Å². The number of nitrogens with zero attached hydrogens (tertiary/aromatic N) is 3. The molecule has 0 unspecified atom stereocenters. The molecule has 2 aromatic carbocycles. The highest BCUT2D eigenvalue weighted by atomic mass is 32.2. The molecule has 0 aliphatic heterocycles. The number of aromatic nitrogens is 3. The first kappa shape index (κ1) is 20.7. The molecule has 0 saturated heterocycles. The Kier molecular flexibility index (Phi) is 6.38. The van der Waals surface area contributed by atoms with Crippen LogP contribution in [0.2, 0.25) is 0 Å². The van der Waals surface area contributed by atoms with Gasteiger partial charge in [-0.1, -0.05) is 41.6 Å². The average Bonchev–Trinajstić information content (AvgIpc) is 3.02. The summed E-state index contributed by atoms with van der Waals surface area (Å²) in [7, 11) is 0. The maximum atomic E-state index is 13.7. The van der Waals surface area contributed by atoms with Crippen molar-refractivity contribution in [3.63, 3.8) is 0 Å². The molecule has 29 heavy (non-hydrogen) atoms. The van der Waals surface area contributed by atoms with Crippen LogP contribution >= 0.6 is 11.8 Å². The van der Waals surface area contributed by atoms with Crippen molar-refractivity contribution in [2.75, 3.05) is 11.2 Å². The number of nitrogens with two attached hydrogens (primary N) is 1. The van der Waals surface area contributed by atoms with E-state index in [4.69, 9.17) is 10.6 Å². The molecule has 3 N–H and O–H groups in total. The molecule has 7 nitrogen and oxygen atoms in total. The van der Waals surface area contributed by atoms with Gasteiger partial charge in [0, 0.05) is 0 Å². The van der Waals surface area contributed by atoms with Crippen molar-refractivity contribution >= 4 is 23.4 Å². The number of nitrogens with one attached hydrogen (secondary N) is 1. The largest absolute Gasteiger partial charge is 0.485 e. The van der Waals surface area contributed by atoms with Crippen LogP contribution in [-0.4, -0.2) is 26.0 Å². The molecule has 1 heterocycles. The van der Waals surface area contributed by atoms with E-state index in [1.54, 1.807) is 19.1 Å². The number of rotatable bonds is 7. The number of hydrogen-bond donors (Lipinski definition) is 2. The third kappa shape index (κ3) is 5.05. The van der Waals surface area contributed by atoms with Crippen LogP contribution in [0, 0.1) is 19.7 Å². The zero-order valence-corrected chi connectivity index (χ0v) is 17.2. The van der Waals surface area contributed by atoms with Gasteiger partial charge in [0.25, 0.3) is 0 Å². The van der Waals surface area contributed by atoms with Crippen LogP contribution in [0.5, 0.6) is 5.75 Å². The maximum Gasteiger partial charge on any atom is 0.237 e. The first-order valence-electron chi connectivity index (χ1n) is 8.96. The molecule has 0 fully saturated rings. The van der Waals surface area contributed by atoms with E-state index in [9.17, 15) is 9.18 Å². The van der Waals surface area contributed by atoms with Gasteiger partial charge in [0.1, 0.15) is 18.2 Å². The topological polar surface area (TPSA) is 95.1 Å². The molecular weight excluding hydrogens is 393 g/mol. The molecule has 0 radical (unpaired) electrons. The standard InChI is InChI=1S/C20H22FN5O2S/c1-12-8-9-17(13(2)10-12)28-11-18-24-25-20(26(18)22)29-14(3)19(27)23-16-7-5-4-6-15(16)21/h4-10,14H,11,22H2,1-3H3,(H,23,27)/t14-/m0/s1. The van der Waals surface area contributed by atoms with Crippen molar-refractivity contribution in [2.45, 2.75) is 37.8 Å². The zero-order valence-electron chi connectivity index (χ0n) is 16.3. The predicted octanol–water partition coefficient (Wildman–Crippen LogP) is 3.45. The molecular formula is C20H22FN5O2S. The highest BCUT2D eigenvalue weighted by Gasteiger charge is 2.20. The minimum Gasteiger partial charge on any atom is -0.485 e. The van der Waals surface area contributed by atoms with E-state index in [2.05, 4.69) is 15.5 Å². The first-order chi connectivity index (χ1) is 13.8. The normalized spacial score (nSPS) is 11.9. The number of nitrogen functional groups attached to an aromatic ring is 1. The Morgan fingerprint density at radius 1 is 1.28 bits per heavy atom. The quantitative estimate of drug-likeness (QED) is 0.453. The summed E-state index contributed by atoms with van der Waals surface area (Å²) in [6, 6.07) is 11.9. The monoisotopic (exact) mass is 415 g/mol. The fraction of sp³-hybridized carbons (Fsp3) is 0.250. The Morgan fingerprint density at radius 2 is 2.03 bits per heavy atom. The van der Waals surface area contributed by atoms with Crippen LogP contribution in [0.3, 0.4) is 0 Å². The van der Waals surface area contributed by atoms with Gasteiger partial charge >= 0.3 is 0 Å². The van der Waals surface area contributed by atoms with Crippen molar-refractivity contribution in [2.24, 2.45) is 0 Å². The summed E-state index contributed by atoms with van der Waals surface area (Å²) in [5, 5.41) is 10.4. The van der Waals surface area contributed by atoms with Gasteiger partial charge in [-0.15, -0.1) is 10.2 Å². The number of thioether (sulfide) groups is 1. The number of anilines is 1. The molecule has 1 aromatic heterocycles. The predicted molar refractivity (Wildman–Crippen MR) is 111 cm³/mol. The molecule has 0 aliphatic rings. The Hall–Kier alpha value is -3.07. The van der Waals surface area contributed by atoms with Crippen molar-refractivity contribution in [3.8, 4) is 5.75 Å². The Balaban J connectivity index is 1.61. The molecule has 0 spiro atoms. The summed E-state index contributed by atoms with van der Waals surface area (Å²) in [4.78, 5) is 12.3. The average molecular weight is 415 g/mol. The minimum atomic E-state index is -0.561. The molecule has 9 heteroatoms. The van der Waals surface area contributed by atoms with Crippen molar-refractivity contribution in [1.29, 1.82) is 0 Å². The third-order valence-electron chi connectivity index (χ3n) is 4.21. The Morgan fingerprint density at radius 3 is 2.76 bits per heavy atom. The number of amides is 1. The van der Waals surface area contributed by atoms with Crippen molar-refractivity contribution < 1.29 is 13.9 Å². The summed E-state index contributed by atoms with van der Waals surface area (Å²) >= 11 is 1.13. The fourth-order valence-corrected chi connectivity index (χ4v) is 3.39. The number of benzene rings is 2. The molecule has 1 atom stereocenters. The number of carbonyl (C=O) groups excluding carboxylic acids is 1. The second-order valence-corrected chi connectivity index (χ2v) is 7.86. The van der Waals surface area contributed by atoms with Gasteiger partial charge in [0.05, 0.1) is 10.9 Å². The van der Waals surface area contributed by atoms with E-state index in [1.807, 2.05) is 32.0 Å². The Bertz CT molecular complexity index is 1020. The van der Waals surface area contributed by atoms with Gasteiger partial charge in [-0.25, -0.2) is 9.07 Å². The number of carbonyl (C=O) groups is 1. The molecule has 3 aromatic rings. The number of para-hydroxylation sites is 1. The molecule has 3 rings (SSSR count). The van der Waals surface area contributed by atoms with Crippen LogP contribution < -0.4 is 15.9 Å². The lowest BCUT2D eigenvalue weighted by Crippen LogP contribution is -2.24. The molecule has 0 bridgehead atoms. The number of ether oxygens (including phenoxy) is 1. The van der Waals surface area contributed by atoms with Crippen LogP contribution in [0.25, 0.3) is 0 Å². The van der Waals surface area contributed by atoms with Gasteiger partial charge in [-0.2, -0.15) is 0 Å². The van der Waals surface area contributed by atoms with E-state index >= 15 is 0 Å². The van der Waals surface area contributed by atoms with Gasteiger partial charge in [-0.05, 0) is 44.5 Å². The minimum absolute atomic E-state index is 0.127. The number of hydrogen-bond acceptors (Lipinski definition) is 6. The van der Waals surface area contributed by atoms with Gasteiger partial charge in [-0.3, -0.25) is 4.79 Å². The summed E-state index contributed by atoms with van der Waals surface area (Å²) < 4.78 is 20.8.